The van der Waals surface area contributed by atoms with E-state index in [0.717, 1.165) is 12.2 Å². The number of tetrazole rings is 1. The molecule has 1 aromatic rings. The molecule has 0 radical (unpaired) electrons. The summed E-state index contributed by atoms with van der Waals surface area (Å²) in [6, 6.07) is 0. The van der Waals surface area contributed by atoms with Gasteiger partial charge in [0.15, 0.2) is 5.82 Å². The van der Waals surface area contributed by atoms with Gasteiger partial charge in [-0.25, -0.2) is 4.68 Å². The molecule has 1 aliphatic rings. The lowest BCUT2D eigenvalue weighted by molar-refractivity contribution is 0.393. The van der Waals surface area contributed by atoms with Crippen molar-refractivity contribution in [1.29, 1.82) is 0 Å². The summed E-state index contributed by atoms with van der Waals surface area (Å²) in [5.74, 6) is 0.793. The van der Waals surface area contributed by atoms with Gasteiger partial charge in [0.05, 0.1) is 10.9 Å². The quantitative estimate of drug-likeness (QED) is 0.700. The first kappa shape index (κ1) is 8.94. The molecule has 0 saturated heterocycles. The fraction of sp³-hybridized carbons (Fsp3) is 0.875. The maximum absolute atomic E-state index is 5.98. The summed E-state index contributed by atoms with van der Waals surface area (Å²) >= 11 is 5.98. The van der Waals surface area contributed by atoms with Crippen molar-refractivity contribution in [2.75, 3.05) is 0 Å². The Kier molecular flexibility index (Phi) is 2.02. The molecule has 72 valence electrons. The van der Waals surface area contributed by atoms with E-state index in [4.69, 9.17) is 11.6 Å². The first-order valence-electron chi connectivity index (χ1n) is 4.62. The van der Waals surface area contributed by atoms with Gasteiger partial charge in [0.2, 0.25) is 0 Å². The molecule has 2 rings (SSSR count). The van der Waals surface area contributed by atoms with E-state index in [0.29, 0.717) is 0 Å². The van der Waals surface area contributed by atoms with Crippen molar-refractivity contribution in [3.05, 3.63) is 5.82 Å². The van der Waals surface area contributed by atoms with Gasteiger partial charge in [0, 0.05) is 0 Å². The molecule has 4 nitrogen and oxygen atoms in total. The minimum Gasteiger partial charge on any atom is -0.222 e. The van der Waals surface area contributed by atoms with Crippen LogP contribution in [0.15, 0.2) is 0 Å². The molecule has 0 amide bonds. The smallest absolute Gasteiger partial charge is 0.169 e. The predicted molar refractivity (Wildman–Crippen MR) is 49.6 cm³/mol. The molecule has 0 bridgehead atoms. The van der Waals surface area contributed by atoms with Crippen LogP contribution in [0.25, 0.3) is 0 Å². The maximum Gasteiger partial charge on any atom is 0.169 e. The Hall–Kier alpha value is -0.640. The Balaban J connectivity index is 2.35. The van der Waals surface area contributed by atoms with Gasteiger partial charge in [0.1, 0.15) is 0 Å². The molecule has 1 atom stereocenters. The monoisotopic (exact) mass is 200 g/mol. The summed E-state index contributed by atoms with van der Waals surface area (Å²) in [7, 11) is 0. The highest BCUT2D eigenvalue weighted by atomic mass is 35.5. The fourth-order valence-corrected chi connectivity index (χ4v) is 1.78. The number of halogens is 1. The molecule has 1 fully saturated rings. The van der Waals surface area contributed by atoms with E-state index in [2.05, 4.69) is 22.4 Å². The summed E-state index contributed by atoms with van der Waals surface area (Å²) in [6.45, 7) is 4.06. The SMILES string of the molecule is CCC1(n2nnnc2C(C)Cl)CC1. The van der Waals surface area contributed by atoms with Crippen LogP contribution in [0.2, 0.25) is 0 Å². The minimum atomic E-state index is -0.112. The third kappa shape index (κ3) is 1.33. The Morgan fingerprint density at radius 1 is 1.62 bits per heavy atom. The highest BCUT2D eigenvalue weighted by Gasteiger charge is 2.45. The molecule has 1 heterocycles. The molecule has 0 spiro atoms. The largest absolute Gasteiger partial charge is 0.222 e. The number of rotatable bonds is 3. The zero-order valence-corrected chi connectivity index (χ0v) is 8.62. The van der Waals surface area contributed by atoms with E-state index in [-0.39, 0.29) is 10.9 Å². The van der Waals surface area contributed by atoms with Crippen molar-refractivity contribution >= 4 is 11.6 Å². The Bertz CT molecular complexity index is 303. The van der Waals surface area contributed by atoms with E-state index < -0.39 is 0 Å². The molecule has 0 aliphatic heterocycles. The summed E-state index contributed by atoms with van der Waals surface area (Å²) in [6.07, 6.45) is 3.42. The first-order valence-corrected chi connectivity index (χ1v) is 5.06. The van der Waals surface area contributed by atoms with Crippen molar-refractivity contribution in [1.82, 2.24) is 20.2 Å². The molecular formula is C8H13ClN4. The second kappa shape index (κ2) is 2.94. The highest BCUT2D eigenvalue weighted by molar-refractivity contribution is 6.20. The maximum atomic E-state index is 5.98. The first-order chi connectivity index (χ1) is 6.19. The molecular weight excluding hydrogens is 188 g/mol. The summed E-state index contributed by atoms with van der Waals surface area (Å²) < 4.78 is 1.91. The molecule has 1 aromatic heterocycles. The van der Waals surface area contributed by atoms with Gasteiger partial charge in [-0.05, 0) is 36.6 Å². The number of hydrogen-bond donors (Lipinski definition) is 0. The standard InChI is InChI=1S/C8H13ClN4/c1-3-8(4-5-8)13-7(6(2)9)10-11-12-13/h6H,3-5H2,1-2H3. The van der Waals surface area contributed by atoms with E-state index >= 15 is 0 Å². The Morgan fingerprint density at radius 2 is 2.31 bits per heavy atom. The number of alkyl halides is 1. The van der Waals surface area contributed by atoms with Gasteiger partial charge in [-0.2, -0.15) is 0 Å². The third-order valence-electron chi connectivity index (χ3n) is 2.78. The van der Waals surface area contributed by atoms with E-state index in [1.54, 1.807) is 0 Å². The number of nitrogens with zero attached hydrogens (tertiary/aromatic N) is 4. The molecule has 13 heavy (non-hydrogen) atoms. The van der Waals surface area contributed by atoms with Crippen molar-refractivity contribution in [3.63, 3.8) is 0 Å². The molecule has 0 N–H and O–H groups in total. The number of hydrogen-bond acceptors (Lipinski definition) is 3. The fourth-order valence-electron chi connectivity index (χ4n) is 1.64. The second-order valence-corrected chi connectivity index (χ2v) is 4.30. The normalized spacial score (nSPS) is 21.5. The van der Waals surface area contributed by atoms with Gasteiger partial charge in [-0.3, -0.25) is 0 Å². The lowest BCUT2D eigenvalue weighted by Gasteiger charge is -2.14. The average Bonchev–Trinajstić information content (AvgIpc) is 2.74. The molecule has 1 unspecified atom stereocenters. The van der Waals surface area contributed by atoms with Gasteiger partial charge in [0.25, 0.3) is 0 Å². The zero-order valence-electron chi connectivity index (χ0n) is 7.87. The van der Waals surface area contributed by atoms with Gasteiger partial charge >= 0.3 is 0 Å². The third-order valence-corrected chi connectivity index (χ3v) is 2.98. The highest BCUT2D eigenvalue weighted by Crippen LogP contribution is 2.46. The lowest BCUT2D eigenvalue weighted by atomic mass is 10.2. The zero-order chi connectivity index (χ0) is 9.47. The molecule has 1 aliphatic carbocycles. The molecule has 5 heteroatoms. The summed E-state index contributed by atoms with van der Waals surface area (Å²) in [5.41, 5.74) is 0.183. The predicted octanol–water partition coefficient (Wildman–Crippen LogP) is 1.87. The summed E-state index contributed by atoms with van der Waals surface area (Å²) in [4.78, 5) is 0. The average molecular weight is 201 g/mol. The molecule has 1 saturated carbocycles. The van der Waals surface area contributed by atoms with Crippen LogP contribution in [-0.2, 0) is 5.54 Å². The minimum absolute atomic E-state index is 0.112. The van der Waals surface area contributed by atoms with Crippen molar-refractivity contribution in [2.45, 2.75) is 44.0 Å². The lowest BCUT2D eigenvalue weighted by Crippen LogP contribution is -2.20. The van der Waals surface area contributed by atoms with Crippen LogP contribution in [0, 0.1) is 0 Å². The second-order valence-electron chi connectivity index (χ2n) is 3.64. The Labute approximate surface area is 82.3 Å². The van der Waals surface area contributed by atoms with E-state index in [9.17, 15) is 0 Å². The van der Waals surface area contributed by atoms with Crippen LogP contribution in [-0.4, -0.2) is 20.2 Å². The van der Waals surface area contributed by atoms with Gasteiger partial charge < -0.3 is 0 Å². The van der Waals surface area contributed by atoms with Crippen molar-refractivity contribution in [3.8, 4) is 0 Å². The van der Waals surface area contributed by atoms with Gasteiger partial charge in [-0.1, -0.05) is 6.92 Å². The van der Waals surface area contributed by atoms with Crippen LogP contribution in [0.5, 0.6) is 0 Å². The van der Waals surface area contributed by atoms with Crippen LogP contribution in [0.3, 0.4) is 0 Å². The van der Waals surface area contributed by atoms with Crippen LogP contribution in [0.4, 0.5) is 0 Å². The number of aromatic nitrogens is 4. The molecule has 0 aromatic carbocycles. The van der Waals surface area contributed by atoms with Crippen molar-refractivity contribution < 1.29 is 0 Å². The Morgan fingerprint density at radius 3 is 2.77 bits per heavy atom. The topological polar surface area (TPSA) is 43.6 Å². The summed E-state index contributed by atoms with van der Waals surface area (Å²) in [5, 5.41) is 11.5. The van der Waals surface area contributed by atoms with E-state index in [1.165, 1.54) is 12.8 Å². The van der Waals surface area contributed by atoms with Crippen LogP contribution < -0.4 is 0 Å². The van der Waals surface area contributed by atoms with Crippen LogP contribution >= 0.6 is 11.6 Å². The van der Waals surface area contributed by atoms with Gasteiger partial charge in [-0.15, -0.1) is 16.7 Å². The van der Waals surface area contributed by atoms with Crippen molar-refractivity contribution in [2.24, 2.45) is 0 Å². The van der Waals surface area contributed by atoms with Crippen LogP contribution in [0.1, 0.15) is 44.3 Å². The van der Waals surface area contributed by atoms with E-state index in [1.807, 2.05) is 11.6 Å².